The summed E-state index contributed by atoms with van der Waals surface area (Å²) < 4.78 is 22.7. The Kier molecular flexibility index (Phi) is 5.25. The van der Waals surface area contributed by atoms with Crippen molar-refractivity contribution in [3.8, 4) is 23.0 Å². The number of pyridine rings is 1. The van der Waals surface area contributed by atoms with Crippen molar-refractivity contribution in [3.05, 3.63) is 48.2 Å². The Balaban J connectivity index is 1.89. The van der Waals surface area contributed by atoms with Gasteiger partial charge in [0.1, 0.15) is 0 Å². The van der Waals surface area contributed by atoms with E-state index in [0.29, 0.717) is 11.5 Å². The molecule has 0 unspecified atom stereocenters. The van der Waals surface area contributed by atoms with Crippen LogP contribution in [0.2, 0.25) is 0 Å². The third-order valence-corrected chi connectivity index (χ3v) is 6.45. The predicted molar refractivity (Wildman–Crippen MR) is 129 cm³/mol. The van der Waals surface area contributed by atoms with Gasteiger partial charge in [0, 0.05) is 27.9 Å². The summed E-state index contributed by atoms with van der Waals surface area (Å²) in [6.07, 6.45) is 8.76. The molecule has 32 heavy (non-hydrogen) atoms. The van der Waals surface area contributed by atoms with Gasteiger partial charge >= 0.3 is 0 Å². The van der Waals surface area contributed by atoms with E-state index in [1.807, 2.05) is 18.3 Å². The lowest BCUT2D eigenvalue weighted by atomic mass is 9.88. The Morgan fingerprint density at radius 3 is 2.12 bits per heavy atom. The van der Waals surface area contributed by atoms with Crippen molar-refractivity contribution >= 4 is 38.0 Å². The highest BCUT2D eigenvalue weighted by molar-refractivity contribution is 6.18. The van der Waals surface area contributed by atoms with Crippen LogP contribution in [0, 0.1) is 0 Å². The average Bonchev–Trinajstić information content (AvgIpc) is 2.86. The maximum absolute atomic E-state index is 5.85. The molecule has 3 aromatic carbocycles. The maximum atomic E-state index is 5.85. The zero-order chi connectivity index (χ0) is 22.2. The number of hydrogen-bond donors (Lipinski definition) is 0. The third kappa shape index (κ3) is 3.03. The summed E-state index contributed by atoms with van der Waals surface area (Å²) in [5.41, 5.74) is 3.38. The number of methoxy groups -OCH3 is 4. The fraction of sp³-hybridized carbons (Fsp3) is 0.296. The molecule has 0 N–H and O–H groups in total. The van der Waals surface area contributed by atoms with Gasteiger partial charge in [-0.05, 0) is 60.2 Å². The number of hydrogen-bond acceptors (Lipinski definition) is 5. The molecule has 5 heteroatoms. The van der Waals surface area contributed by atoms with Crippen LogP contribution in [0.3, 0.4) is 0 Å². The second-order valence-corrected chi connectivity index (χ2v) is 8.04. The van der Waals surface area contributed by atoms with E-state index in [1.54, 1.807) is 28.4 Å². The first-order chi connectivity index (χ1) is 15.7. The highest BCUT2D eigenvalue weighted by atomic mass is 16.5. The van der Waals surface area contributed by atoms with Gasteiger partial charge in [-0.1, -0.05) is 18.2 Å². The Labute approximate surface area is 187 Å². The molecule has 5 rings (SSSR count). The first-order valence-electron chi connectivity index (χ1n) is 10.9. The average molecular weight is 430 g/mol. The maximum Gasteiger partial charge on any atom is 0.170 e. The van der Waals surface area contributed by atoms with E-state index < -0.39 is 0 Å². The number of allylic oxidation sites excluding steroid dienone is 2. The summed E-state index contributed by atoms with van der Waals surface area (Å²) in [5, 5.41) is 5.25. The smallest absolute Gasteiger partial charge is 0.170 e. The molecule has 0 amide bonds. The van der Waals surface area contributed by atoms with E-state index in [9.17, 15) is 0 Å². The molecule has 0 atom stereocenters. The molecule has 1 aromatic heterocycles. The van der Waals surface area contributed by atoms with E-state index in [0.717, 1.165) is 62.4 Å². The lowest BCUT2D eigenvalue weighted by molar-refractivity contribution is 0.355. The van der Waals surface area contributed by atoms with Crippen molar-refractivity contribution in [3.63, 3.8) is 0 Å². The molecule has 164 valence electrons. The van der Waals surface area contributed by atoms with Crippen LogP contribution in [0.15, 0.2) is 42.6 Å². The molecule has 5 nitrogen and oxygen atoms in total. The van der Waals surface area contributed by atoms with Crippen molar-refractivity contribution in [1.29, 1.82) is 0 Å². The first kappa shape index (κ1) is 20.4. The summed E-state index contributed by atoms with van der Waals surface area (Å²) in [6.45, 7) is 0. The predicted octanol–water partition coefficient (Wildman–Crippen LogP) is 6.53. The van der Waals surface area contributed by atoms with Crippen LogP contribution in [-0.4, -0.2) is 33.4 Å². The van der Waals surface area contributed by atoms with Gasteiger partial charge in [0.15, 0.2) is 23.0 Å². The minimum atomic E-state index is 0.694. The number of ether oxygens (including phenoxy) is 4. The third-order valence-electron chi connectivity index (χ3n) is 6.45. The topological polar surface area (TPSA) is 49.8 Å². The first-order valence-corrected chi connectivity index (χ1v) is 10.9. The Morgan fingerprint density at radius 2 is 1.44 bits per heavy atom. The summed E-state index contributed by atoms with van der Waals surface area (Å²) in [4.78, 5) is 4.89. The molecule has 1 heterocycles. The standard InChI is InChI=1S/C27H27NO4/c1-29-22-13-12-17-19-11-10-18-20(25(19)28-15-21(17)26(22)31-3)14-23(30-2)27(32-4)24(18)16-8-6-5-7-9-16/h8,10-15H,5-7,9H2,1-4H3. The Morgan fingerprint density at radius 1 is 0.688 bits per heavy atom. The van der Waals surface area contributed by atoms with Crippen molar-refractivity contribution < 1.29 is 18.9 Å². The van der Waals surface area contributed by atoms with Gasteiger partial charge < -0.3 is 18.9 Å². The lowest BCUT2D eigenvalue weighted by Gasteiger charge is -2.21. The molecular formula is C27H27NO4. The molecule has 0 radical (unpaired) electrons. The molecular weight excluding hydrogens is 402 g/mol. The van der Waals surface area contributed by atoms with Gasteiger partial charge in [0.2, 0.25) is 0 Å². The summed E-state index contributed by atoms with van der Waals surface area (Å²) >= 11 is 0. The molecule has 1 aliphatic carbocycles. The number of rotatable bonds is 5. The monoisotopic (exact) mass is 429 g/mol. The van der Waals surface area contributed by atoms with E-state index >= 15 is 0 Å². The Hall–Kier alpha value is -3.47. The number of benzene rings is 3. The van der Waals surface area contributed by atoms with E-state index in [4.69, 9.17) is 23.9 Å². The van der Waals surface area contributed by atoms with Gasteiger partial charge in [-0.3, -0.25) is 4.98 Å². The van der Waals surface area contributed by atoms with Crippen LogP contribution in [0.1, 0.15) is 31.2 Å². The second kappa shape index (κ2) is 8.23. The van der Waals surface area contributed by atoms with Crippen LogP contribution in [-0.2, 0) is 0 Å². The fourth-order valence-corrected chi connectivity index (χ4v) is 4.95. The normalized spacial score (nSPS) is 13.9. The number of fused-ring (bicyclic) bond motifs is 5. The SMILES string of the molecule is COc1cc2c(ccc3c4ccc(OC)c(OC)c4cnc23)c(C2=CCCCC2)c1OC. The molecule has 0 bridgehead atoms. The van der Waals surface area contributed by atoms with Crippen LogP contribution in [0.5, 0.6) is 23.0 Å². The lowest BCUT2D eigenvalue weighted by Crippen LogP contribution is -2.00. The highest BCUT2D eigenvalue weighted by Crippen LogP contribution is 2.46. The Bertz CT molecular complexity index is 1370. The van der Waals surface area contributed by atoms with E-state index in [2.05, 4.69) is 24.3 Å². The minimum Gasteiger partial charge on any atom is -0.493 e. The largest absolute Gasteiger partial charge is 0.493 e. The van der Waals surface area contributed by atoms with Crippen molar-refractivity contribution in [2.24, 2.45) is 0 Å². The molecule has 0 saturated carbocycles. The summed E-state index contributed by atoms with van der Waals surface area (Å²) in [7, 11) is 6.70. The summed E-state index contributed by atoms with van der Waals surface area (Å²) in [5.74, 6) is 2.91. The van der Waals surface area contributed by atoms with Crippen LogP contribution in [0.4, 0.5) is 0 Å². The summed E-state index contributed by atoms with van der Waals surface area (Å²) in [6, 6.07) is 10.4. The minimum absolute atomic E-state index is 0.694. The number of nitrogens with zero attached hydrogens (tertiary/aromatic N) is 1. The van der Waals surface area contributed by atoms with E-state index in [1.165, 1.54) is 18.4 Å². The molecule has 0 fully saturated rings. The zero-order valence-corrected chi connectivity index (χ0v) is 19.0. The molecule has 0 spiro atoms. The highest BCUT2D eigenvalue weighted by Gasteiger charge is 2.22. The molecule has 0 saturated heterocycles. The molecule has 4 aromatic rings. The fourth-order valence-electron chi connectivity index (χ4n) is 4.95. The van der Waals surface area contributed by atoms with Gasteiger partial charge in [-0.2, -0.15) is 0 Å². The van der Waals surface area contributed by atoms with Crippen molar-refractivity contribution in [1.82, 2.24) is 4.98 Å². The van der Waals surface area contributed by atoms with Crippen molar-refractivity contribution in [2.45, 2.75) is 25.7 Å². The zero-order valence-electron chi connectivity index (χ0n) is 19.0. The quantitative estimate of drug-likeness (QED) is 0.338. The molecule has 1 aliphatic rings. The van der Waals surface area contributed by atoms with Gasteiger partial charge in [0.25, 0.3) is 0 Å². The van der Waals surface area contributed by atoms with Gasteiger partial charge in [0.05, 0.1) is 34.0 Å². The van der Waals surface area contributed by atoms with Crippen LogP contribution in [0.25, 0.3) is 38.0 Å². The second-order valence-electron chi connectivity index (χ2n) is 8.04. The van der Waals surface area contributed by atoms with Crippen LogP contribution < -0.4 is 18.9 Å². The van der Waals surface area contributed by atoms with Gasteiger partial charge in [-0.15, -0.1) is 0 Å². The number of aromatic nitrogens is 1. The molecule has 0 aliphatic heterocycles. The van der Waals surface area contributed by atoms with E-state index in [-0.39, 0.29) is 0 Å². The van der Waals surface area contributed by atoms with Crippen molar-refractivity contribution in [2.75, 3.05) is 28.4 Å². The van der Waals surface area contributed by atoms with Gasteiger partial charge in [-0.25, -0.2) is 0 Å². The van der Waals surface area contributed by atoms with Crippen LogP contribution >= 0.6 is 0 Å².